The first kappa shape index (κ1) is 23.4. The highest BCUT2D eigenvalue weighted by Gasteiger charge is 2.20. The fourth-order valence-electron chi connectivity index (χ4n) is 2.11. The van der Waals surface area contributed by atoms with Gasteiger partial charge in [-0.25, -0.2) is 18.5 Å². The number of guanidine groups is 1. The maximum Gasteiger partial charge on any atom is 0.387 e. The predicted octanol–water partition coefficient (Wildman–Crippen LogP) is 0.978. The number of halogens is 3. The number of primary sulfonamides is 1. The van der Waals surface area contributed by atoms with Crippen molar-refractivity contribution in [3.05, 3.63) is 17.7 Å². The first-order valence-electron chi connectivity index (χ1n) is 7.68. The number of nitrogens with zero attached hydrogens (tertiary/aromatic N) is 1. The molecule has 1 heterocycles. The lowest BCUT2D eigenvalue weighted by atomic mass is 10.1. The number of hydrogen-bond donors (Lipinski definition) is 3. The second-order valence-corrected chi connectivity index (χ2v) is 6.91. The van der Waals surface area contributed by atoms with Crippen molar-refractivity contribution in [2.75, 3.05) is 25.6 Å². The van der Waals surface area contributed by atoms with E-state index >= 15 is 0 Å². The number of sulfonamides is 1. The number of aliphatic imine (C=N–C) groups is 1. The highest BCUT2D eigenvalue weighted by atomic mass is 127. The van der Waals surface area contributed by atoms with Gasteiger partial charge in [0.1, 0.15) is 5.75 Å². The van der Waals surface area contributed by atoms with Crippen LogP contribution in [0.5, 0.6) is 17.2 Å². The lowest BCUT2D eigenvalue weighted by molar-refractivity contribution is -0.0505. The number of benzene rings is 1. The zero-order valence-electron chi connectivity index (χ0n) is 14.4. The Bertz CT molecular complexity index is 764. The normalized spacial score (nSPS) is 13.3. The molecule has 1 aromatic rings. The maximum absolute atomic E-state index is 12.6. The smallest absolute Gasteiger partial charge is 0.387 e. The summed E-state index contributed by atoms with van der Waals surface area (Å²) in [6.45, 7) is -0.631. The summed E-state index contributed by atoms with van der Waals surface area (Å²) in [6, 6.07) is 2.83. The molecule has 0 fully saturated rings. The van der Waals surface area contributed by atoms with Crippen LogP contribution in [0.4, 0.5) is 8.78 Å². The van der Waals surface area contributed by atoms with Crippen molar-refractivity contribution in [2.24, 2.45) is 10.1 Å². The summed E-state index contributed by atoms with van der Waals surface area (Å²) in [5.74, 6) is 0.669. The summed E-state index contributed by atoms with van der Waals surface area (Å²) in [5, 5.41) is 10.6. The number of rotatable bonds is 8. The number of alkyl halides is 2. The minimum absolute atomic E-state index is 0. The second kappa shape index (κ2) is 10.7. The van der Waals surface area contributed by atoms with Crippen molar-refractivity contribution in [3.63, 3.8) is 0 Å². The maximum atomic E-state index is 12.6. The van der Waals surface area contributed by atoms with Crippen LogP contribution in [0.1, 0.15) is 12.5 Å². The Labute approximate surface area is 172 Å². The van der Waals surface area contributed by atoms with E-state index in [1.807, 2.05) is 6.92 Å². The molecule has 2 rings (SSSR count). The van der Waals surface area contributed by atoms with Gasteiger partial charge in [-0.15, -0.1) is 24.0 Å². The molecule has 0 radical (unpaired) electrons. The number of ether oxygens (including phenoxy) is 3. The third kappa shape index (κ3) is 7.88. The average molecular weight is 522 g/mol. The molecular formula is C14H21F2IN4O5S. The van der Waals surface area contributed by atoms with Crippen LogP contribution in [0.2, 0.25) is 0 Å². The van der Waals surface area contributed by atoms with Crippen LogP contribution in [-0.4, -0.2) is 46.6 Å². The van der Waals surface area contributed by atoms with Crippen LogP contribution in [0.25, 0.3) is 0 Å². The van der Waals surface area contributed by atoms with Crippen LogP contribution in [0.3, 0.4) is 0 Å². The quantitative estimate of drug-likeness (QED) is 0.264. The van der Waals surface area contributed by atoms with E-state index in [4.69, 9.17) is 14.6 Å². The molecule has 4 N–H and O–H groups in total. The Balaban J connectivity index is 0.00000364. The van der Waals surface area contributed by atoms with E-state index < -0.39 is 16.6 Å². The molecule has 0 amide bonds. The first-order chi connectivity index (χ1) is 12.3. The van der Waals surface area contributed by atoms with Gasteiger partial charge in [0.2, 0.25) is 16.8 Å². The first-order valence-corrected chi connectivity index (χ1v) is 9.40. The molecule has 0 saturated heterocycles. The van der Waals surface area contributed by atoms with Crippen LogP contribution >= 0.6 is 24.0 Å². The Hall–Kier alpha value is -1.61. The highest BCUT2D eigenvalue weighted by molar-refractivity contribution is 14.0. The number of nitrogens with two attached hydrogens (primary N) is 1. The molecule has 1 aliphatic heterocycles. The summed E-state index contributed by atoms with van der Waals surface area (Å²) < 4.78 is 62.1. The Kier molecular flexibility index (Phi) is 9.25. The molecular weight excluding hydrogens is 501 g/mol. The minimum atomic E-state index is -3.61. The van der Waals surface area contributed by atoms with Gasteiger partial charge in [-0.3, -0.25) is 0 Å². The molecule has 0 spiro atoms. The Morgan fingerprint density at radius 2 is 2.00 bits per heavy atom. The van der Waals surface area contributed by atoms with Gasteiger partial charge in [0.15, 0.2) is 17.5 Å². The van der Waals surface area contributed by atoms with E-state index in [1.165, 1.54) is 12.1 Å². The monoisotopic (exact) mass is 522 g/mol. The van der Waals surface area contributed by atoms with Gasteiger partial charge in [-0.05, 0) is 13.0 Å². The number of hydrogen-bond acceptors (Lipinski definition) is 6. The molecule has 9 nitrogen and oxygen atoms in total. The summed E-state index contributed by atoms with van der Waals surface area (Å²) in [4.78, 5) is 4.23. The van der Waals surface area contributed by atoms with Crippen LogP contribution in [0.15, 0.2) is 17.1 Å². The SMILES string of the molecule is CCNC(=NCc1cc2c(cc1OC(F)F)OCO2)NCCS(N)(=O)=O.I. The largest absolute Gasteiger partial charge is 0.454 e. The lowest BCUT2D eigenvalue weighted by Gasteiger charge is -2.13. The van der Waals surface area contributed by atoms with Gasteiger partial charge in [0.25, 0.3) is 0 Å². The zero-order valence-corrected chi connectivity index (χ0v) is 17.6. The van der Waals surface area contributed by atoms with E-state index in [9.17, 15) is 17.2 Å². The van der Waals surface area contributed by atoms with Gasteiger partial charge in [0, 0.05) is 24.7 Å². The van der Waals surface area contributed by atoms with Gasteiger partial charge >= 0.3 is 6.61 Å². The lowest BCUT2D eigenvalue weighted by Crippen LogP contribution is -2.40. The van der Waals surface area contributed by atoms with E-state index in [-0.39, 0.29) is 55.4 Å². The standard InChI is InChI=1S/C14H20F2N4O5S.HI/c1-2-18-14(19-3-4-26(17,21)22)20-7-9-5-11-12(24-8-23-11)6-10(9)25-13(15)16;/h5-6,13H,2-4,7-8H2,1H3,(H2,17,21,22)(H2,18,19,20);1H. The molecule has 27 heavy (non-hydrogen) atoms. The molecule has 0 aromatic heterocycles. The predicted molar refractivity (Wildman–Crippen MR) is 105 cm³/mol. The minimum Gasteiger partial charge on any atom is -0.454 e. The van der Waals surface area contributed by atoms with Crippen LogP contribution in [-0.2, 0) is 16.6 Å². The van der Waals surface area contributed by atoms with Crippen molar-refractivity contribution < 1.29 is 31.4 Å². The topological polar surface area (TPSA) is 124 Å². The van der Waals surface area contributed by atoms with Gasteiger partial charge < -0.3 is 24.8 Å². The molecule has 154 valence electrons. The average Bonchev–Trinajstić information content (AvgIpc) is 2.97. The fourth-order valence-corrected chi connectivity index (χ4v) is 2.50. The second-order valence-electron chi connectivity index (χ2n) is 5.18. The van der Waals surface area contributed by atoms with E-state index in [0.717, 1.165) is 0 Å². The summed E-state index contributed by atoms with van der Waals surface area (Å²) >= 11 is 0. The van der Waals surface area contributed by atoms with Gasteiger partial charge in [0.05, 0.1) is 12.3 Å². The molecule has 0 unspecified atom stereocenters. The van der Waals surface area contributed by atoms with Crippen molar-refractivity contribution >= 4 is 40.0 Å². The van der Waals surface area contributed by atoms with E-state index in [1.54, 1.807) is 0 Å². The van der Waals surface area contributed by atoms with Crippen molar-refractivity contribution in [2.45, 2.75) is 20.1 Å². The number of nitrogens with one attached hydrogen (secondary N) is 2. The molecule has 1 aliphatic rings. The van der Waals surface area contributed by atoms with Crippen molar-refractivity contribution in [3.8, 4) is 17.2 Å². The molecule has 0 atom stereocenters. The van der Waals surface area contributed by atoms with E-state index in [0.29, 0.717) is 29.6 Å². The van der Waals surface area contributed by atoms with Gasteiger partial charge in [-0.2, -0.15) is 8.78 Å². The molecule has 0 bridgehead atoms. The van der Waals surface area contributed by atoms with Crippen molar-refractivity contribution in [1.82, 2.24) is 10.6 Å². The summed E-state index contributed by atoms with van der Waals surface area (Å²) in [6.07, 6.45) is 0. The fraction of sp³-hybridized carbons (Fsp3) is 0.500. The highest BCUT2D eigenvalue weighted by Crippen LogP contribution is 2.38. The molecule has 0 saturated carbocycles. The van der Waals surface area contributed by atoms with Crippen LogP contribution in [0, 0.1) is 0 Å². The van der Waals surface area contributed by atoms with E-state index in [2.05, 4.69) is 20.4 Å². The molecule has 0 aliphatic carbocycles. The third-order valence-electron chi connectivity index (χ3n) is 3.20. The number of fused-ring (bicyclic) bond motifs is 1. The van der Waals surface area contributed by atoms with Gasteiger partial charge in [-0.1, -0.05) is 0 Å². The van der Waals surface area contributed by atoms with Crippen LogP contribution < -0.4 is 30.0 Å². The Morgan fingerprint density at radius 3 is 2.59 bits per heavy atom. The zero-order chi connectivity index (χ0) is 19.2. The van der Waals surface area contributed by atoms with Crippen molar-refractivity contribution in [1.29, 1.82) is 0 Å². The summed E-state index contributed by atoms with van der Waals surface area (Å²) in [5.41, 5.74) is 0.359. The molecule has 1 aromatic carbocycles. The molecule has 13 heteroatoms. The summed E-state index contributed by atoms with van der Waals surface area (Å²) in [7, 11) is -3.61. The third-order valence-corrected chi connectivity index (χ3v) is 3.98. The Morgan fingerprint density at radius 1 is 1.33 bits per heavy atom.